The molecule has 3 unspecified atom stereocenters. The first kappa shape index (κ1) is 12.0. The molecule has 1 aliphatic heterocycles. The fourth-order valence-corrected chi connectivity index (χ4v) is 3.96. The van der Waals surface area contributed by atoms with Crippen LogP contribution in [0.25, 0.3) is 0 Å². The van der Waals surface area contributed by atoms with Crippen LogP contribution >= 0.6 is 11.8 Å². The predicted molar refractivity (Wildman–Crippen MR) is 76.8 cm³/mol. The molecular formula is C14H19N3S. The van der Waals surface area contributed by atoms with Gasteiger partial charge in [0.25, 0.3) is 0 Å². The average Bonchev–Trinajstić information content (AvgIpc) is 2.87. The third-order valence-electron chi connectivity index (χ3n) is 3.81. The fraction of sp³-hybridized carbons (Fsp3) is 0.571. The molecule has 0 bridgehead atoms. The molecule has 2 heterocycles. The van der Waals surface area contributed by atoms with Crippen molar-refractivity contribution in [3.8, 4) is 0 Å². The standard InChI is InChI=1S/C14H19N3S/c1-10(12-6-2-3-8-15-12)16-14-17-13-7-4-5-11(13)9-18-14/h2-3,6,8,10-11,13H,4-5,7,9H2,1H3,(H,16,17). The molecule has 96 valence electrons. The minimum atomic E-state index is 0.232. The van der Waals surface area contributed by atoms with Gasteiger partial charge in [0.2, 0.25) is 0 Å². The minimum Gasteiger partial charge on any atom is -0.357 e. The molecule has 1 aliphatic carbocycles. The molecule has 0 radical (unpaired) electrons. The number of pyridine rings is 1. The molecule has 1 aromatic heterocycles. The second-order valence-corrected chi connectivity index (χ2v) is 6.13. The van der Waals surface area contributed by atoms with Gasteiger partial charge < -0.3 is 5.32 Å². The Labute approximate surface area is 112 Å². The van der Waals surface area contributed by atoms with E-state index in [1.54, 1.807) is 0 Å². The molecule has 0 aromatic carbocycles. The highest BCUT2D eigenvalue weighted by Gasteiger charge is 2.31. The Morgan fingerprint density at radius 1 is 1.39 bits per heavy atom. The van der Waals surface area contributed by atoms with E-state index >= 15 is 0 Å². The molecule has 3 atom stereocenters. The number of amidine groups is 1. The van der Waals surface area contributed by atoms with E-state index in [1.807, 2.05) is 30.1 Å². The largest absolute Gasteiger partial charge is 0.357 e. The van der Waals surface area contributed by atoms with Crippen LogP contribution in [0.5, 0.6) is 0 Å². The van der Waals surface area contributed by atoms with Gasteiger partial charge in [-0.25, -0.2) is 0 Å². The van der Waals surface area contributed by atoms with Crippen molar-refractivity contribution >= 4 is 16.9 Å². The van der Waals surface area contributed by atoms with Crippen molar-refractivity contribution < 1.29 is 0 Å². The zero-order valence-electron chi connectivity index (χ0n) is 10.7. The van der Waals surface area contributed by atoms with Crippen molar-refractivity contribution in [1.82, 2.24) is 10.3 Å². The van der Waals surface area contributed by atoms with Crippen LogP contribution in [-0.2, 0) is 0 Å². The highest BCUT2D eigenvalue weighted by molar-refractivity contribution is 8.13. The van der Waals surface area contributed by atoms with Crippen molar-refractivity contribution in [2.24, 2.45) is 10.9 Å². The third-order valence-corrected chi connectivity index (χ3v) is 4.90. The summed E-state index contributed by atoms with van der Waals surface area (Å²) in [4.78, 5) is 9.23. The second-order valence-electron chi connectivity index (χ2n) is 5.12. The first-order chi connectivity index (χ1) is 8.83. The Hall–Kier alpha value is -1.03. The highest BCUT2D eigenvalue weighted by atomic mass is 32.2. The molecule has 1 saturated carbocycles. The summed E-state index contributed by atoms with van der Waals surface area (Å²) in [5.41, 5.74) is 1.08. The minimum absolute atomic E-state index is 0.232. The van der Waals surface area contributed by atoms with Gasteiger partial charge in [0.1, 0.15) is 0 Å². The van der Waals surface area contributed by atoms with Crippen LogP contribution in [-0.4, -0.2) is 21.9 Å². The molecule has 2 aliphatic rings. The van der Waals surface area contributed by atoms with Crippen LogP contribution in [0.4, 0.5) is 0 Å². The topological polar surface area (TPSA) is 37.3 Å². The number of fused-ring (bicyclic) bond motifs is 1. The maximum Gasteiger partial charge on any atom is 0.157 e. The van der Waals surface area contributed by atoms with Crippen LogP contribution in [0.3, 0.4) is 0 Å². The van der Waals surface area contributed by atoms with Gasteiger partial charge in [-0.1, -0.05) is 24.2 Å². The zero-order chi connectivity index (χ0) is 12.4. The summed E-state index contributed by atoms with van der Waals surface area (Å²) in [6, 6.07) is 6.85. The number of aliphatic imine (C=N–C) groups is 1. The number of nitrogens with zero attached hydrogens (tertiary/aromatic N) is 2. The molecule has 3 nitrogen and oxygen atoms in total. The summed E-state index contributed by atoms with van der Waals surface area (Å²) in [6.07, 6.45) is 5.83. The number of thioether (sulfide) groups is 1. The van der Waals surface area contributed by atoms with Crippen molar-refractivity contribution in [2.75, 3.05) is 5.75 Å². The summed E-state index contributed by atoms with van der Waals surface area (Å²) >= 11 is 1.87. The number of hydrogen-bond acceptors (Lipinski definition) is 4. The van der Waals surface area contributed by atoms with Crippen LogP contribution in [0.2, 0.25) is 0 Å². The smallest absolute Gasteiger partial charge is 0.157 e. The van der Waals surface area contributed by atoms with Crippen LogP contribution in [0.1, 0.15) is 37.9 Å². The third kappa shape index (κ3) is 2.53. The quantitative estimate of drug-likeness (QED) is 0.889. The lowest BCUT2D eigenvalue weighted by atomic mass is 10.1. The first-order valence-electron chi connectivity index (χ1n) is 6.71. The Kier molecular flexibility index (Phi) is 3.55. The van der Waals surface area contributed by atoms with Crippen molar-refractivity contribution in [3.05, 3.63) is 30.1 Å². The summed E-state index contributed by atoms with van der Waals surface area (Å²) in [7, 11) is 0. The lowest BCUT2D eigenvalue weighted by molar-refractivity contribution is 0.530. The first-order valence-corrected chi connectivity index (χ1v) is 7.69. The molecule has 1 fully saturated rings. The molecule has 3 rings (SSSR count). The van der Waals surface area contributed by atoms with Gasteiger partial charge in [0, 0.05) is 11.9 Å². The van der Waals surface area contributed by atoms with E-state index in [9.17, 15) is 0 Å². The lowest BCUT2D eigenvalue weighted by Crippen LogP contribution is -2.31. The van der Waals surface area contributed by atoms with Crippen LogP contribution < -0.4 is 5.32 Å². The average molecular weight is 261 g/mol. The van der Waals surface area contributed by atoms with Gasteiger partial charge in [-0.2, -0.15) is 0 Å². The van der Waals surface area contributed by atoms with Gasteiger partial charge in [-0.15, -0.1) is 0 Å². The Balaban J connectivity index is 1.66. The zero-order valence-corrected chi connectivity index (χ0v) is 11.5. The normalized spacial score (nSPS) is 28.4. The van der Waals surface area contributed by atoms with Crippen molar-refractivity contribution in [3.63, 3.8) is 0 Å². The Morgan fingerprint density at radius 3 is 3.17 bits per heavy atom. The van der Waals surface area contributed by atoms with E-state index in [0.717, 1.165) is 16.8 Å². The van der Waals surface area contributed by atoms with Crippen molar-refractivity contribution in [1.29, 1.82) is 0 Å². The number of hydrogen-bond donors (Lipinski definition) is 1. The number of aromatic nitrogens is 1. The van der Waals surface area contributed by atoms with E-state index in [0.29, 0.717) is 6.04 Å². The monoisotopic (exact) mass is 261 g/mol. The molecule has 0 spiro atoms. The molecule has 18 heavy (non-hydrogen) atoms. The van der Waals surface area contributed by atoms with Gasteiger partial charge >= 0.3 is 0 Å². The molecule has 0 saturated heterocycles. The SMILES string of the molecule is CC(NC1=NC2CCCC2CS1)c1ccccn1. The number of rotatable bonds is 2. The summed E-state index contributed by atoms with van der Waals surface area (Å²) in [5.74, 6) is 2.05. The lowest BCUT2D eigenvalue weighted by Gasteiger charge is -2.25. The summed E-state index contributed by atoms with van der Waals surface area (Å²) in [5, 5.41) is 4.61. The van der Waals surface area contributed by atoms with Crippen molar-refractivity contribution in [2.45, 2.75) is 38.3 Å². The van der Waals surface area contributed by atoms with E-state index in [2.05, 4.69) is 23.3 Å². The highest BCUT2D eigenvalue weighted by Crippen LogP contribution is 2.35. The molecule has 0 amide bonds. The molecular weight excluding hydrogens is 242 g/mol. The van der Waals surface area contributed by atoms with Crippen LogP contribution in [0, 0.1) is 5.92 Å². The Bertz CT molecular complexity index is 432. The van der Waals surface area contributed by atoms with Gasteiger partial charge in [0.05, 0.1) is 17.8 Å². The van der Waals surface area contributed by atoms with E-state index in [4.69, 9.17) is 4.99 Å². The van der Waals surface area contributed by atoms with Gasteiger partial charge in [-0.05, 0) is 37.8 Å². The molecule has 1 N–H and O–H groups in total. The summed E-state index contributed by atoms with van der Waals surface area (Å²) < 4.78 is 0. The maximum atomic E-state index is 4.85. The van der Waals surface area contributed by atoms with E-state index < -0.39 is 0 Å². The molecule has 4 heteroatoms. The van der Waals surface area contributed by atoms with Gasteiger partial charge in [0.15, 0.2) is 5.17 Å². The van der Waals surface area contributed by atoms with E-state index in [1.165, 1.54) is 25.0 Å². The predicted octanol–water partition coefficient (Wildman–Crippen LogP) is 3.00. The number of nitrogens with one attached hydrogen (secondary N) is 1. The van der Waals surface area contributed by atoms with E-state index in [-0.39, 0.29) is 6.04 Å². The summed E-state index contributed by atoms with van der Waals surface area (Å²) in [6.45, 7) is 2.14. The van der Waals surface area contributed by atoms with Gasteiger partial charge in [-0.3, -0.25) is 9.98 Å². The second kappa shape index (κ2) is 5.31. The Morgan fingerprint density at radius 2 is 2.33 bits per heavy atom. The van der Waals surface area contributed by atoms with Crippen LogP contribution in [0.15, 0.2) is 29.4 Å². The fourth-order valence-electron chi connectivity index (χ4n) is 2.73. The maximum absolute atomic E-state index is 4.85. The molecule has 1 aromatic rings.